The summed E-state index contributed by atoms with van der Waals surface area (Å²) in [7, 11) is 3.94. The third-order valence-electron chi connectivity index (χ3n) is 3.81. The normalized spacial score (nSPS) is 10.5. The molecule has 3 rings (SSSR count). The second-order valence-electron chi connectivity index (χ2n) is 6.11. The Balaban J connectivity index is 1.52. The number of thioether (sulfide) groups is 1. The second-order valence-corrected chi connectivity index (χ2v) is 7.04. The molecule has 1 aromatic heterocycles. The van der Waals surface area contributed by atoms with Crippen molar-refractivity contribution in [2.75, 3.05) is 36.7 Å². The van der Waals surface area contributed by atoms with E-state index in [9.17, 15) is 4.79 Å². The summed E-state index contributed by atoms with van der Waals surface area (Å²) in [5.74, 6) is 1.24. The molecule has 0 saturated carbocycles. The minimum Gasteiger partial charge on any atom is -0.494 e. The van der Waals surface area contributed by atoms with Gasteiger partial charge in [0.2, 0.25) is 11.8 Å². The van der Waals surface area contributed by atoms with Gasteiger partial charge in [0.05, 0.1) is 12.4 Å². The highest BCUT2D eigenvalue weighted by atomic mass is 32.2. The number of anilines is 2. The molecule has 1 N–H and O–H groups in total. The molecule has 3 aromatic rings. The van der Waals surface area contributed by atoms with Crippen LogP contribution in [0.15, 0.2) is 58.2 Å². The highest BCUT2D eigenvalue weighted by molar-refractivity contribution is 7.99. The van der Waals surface area contributed by atoms with Gasteiger partial charge in [0.25, 0.3) is 5.22 Å². The maximum absolute atomic E-state index is 12.1. The first-order chi connectivity index (χ1) is 13.5. The lowest BCUT2D eigenvalue weighted by Gasteiger charge is -2.12. The Bertz CT molecular complexity index is 908. The van der Waals surface area contributed by atoms with Gasteiger partial charge in [-0.05, 0) is 55.5 Å². The van der Waals surface area contributed by atoms with E-state index in [1.165, 1.54) is 11.8 Å². The van der Waals surface area contributed by atoms with Crippen molar-refractivity contribution in [2.24, 2.45) is 0 Å². The molecule has 28 heavy (non-hydrogen) atoms. The number of amides is 1. The lowest BCUT2D eigenvalue weighted by atomic mass is 10.2. The Morgan fingerprint density at radius 2 is 1.82 bits per heavy atom. The molecule has 0 saturated heterocycles. The van der Waals surface area contributed by atoms with E-state index >= 15 is 0 Å². The molecule has 0 fully saturated rings. The molecule has 0 radical (unpaired) electrons. The Labute approximate surface area is 168 Å². The van der Waals surface area contributed by atoms with E-state index in [1.807, 2.05) is 74.4 Å². The molecule has 0 atom stereocenters. The molecule has 0 aliphatic heterocycles. The molecule has 8 heteroatoms. The molecule has 0 aliphatic rings. The van der Waals surface area contributed by atoms with Crippen LogP contribution in [-0.2, 0) is 4.79 Å². The lowest BCUT2D eigenvalue weighted by Crippen LogP contribution is -2.14. The molecule has 7 nitrogen and oxygen atoms in total. The van der Waals surface area contributed by atoms with E-state index in [0.29, 0.717) is 17.7 Å². The van der Waals surface area contributed by atoms with Crippen molar-refractivity contribution in [3.8, 4) is 17.2 Å². The van der Waals surface area contributed by atoms with Crippen LogP contribution in [0, 0.1) is 0 Å². The van der Waals surface area contributed by atoms with Crippen LogP contribution in [0.3, 0.4) is 0 Å². The Kier molecular flexibility index (Phi) is 6.54. The van der Waals surface area contributed by atoms with Crippen molar-refractivity contribution in [3.63, 3.8) is 0 Å². The molecule has 0 unspecified atom stereocenters. The molecule has 0 spiro atoms. The number of benzene rings is 2. The van der Waals surface area contributed by atoms with Crippen molar-refractivity contribution < 1.29 is 13.9 Å². The summed E-state index contributed by atoms with van der Waals surface area (Å²) >= 11 is 1.20. The van der Waals surface area contributed by atoms with Crippen molar-refractivity contribution in [1.29, 1.82) is 0 Å². The number of rotatable bonds is 8. The van der Waals surface area contributed by atoms with E-state index in [4.69, 9.17) is 9.15 Å². The van der Waals surface area contributed by atoms with E-state index in [-0.39, 0.29) is 11.7 Å². The van der Waals surface area contributed by atoms with E-state index < -0.39 is 0 Å². The number of aromatic nitrogens is 2. The van der Waals surface area contributed by atoms with Gasteiger partial charge in [0, 0.05) is 31.0 Å². The van der Waals surface area contributed by atoms with Crippen LogP contribution in [0.5, 0.6) is 5.75 Å². The third-order valence-corrected chi connectivity index (χ3v) is 4.63. The summed E-state index contributed by atoms with van der Waals surface area (Å²) in [4.78, 5) is 14.1. The largest absolute Gasteiger partial charge is 0.494 e. The zero-order chi connectivity index (χ0) is 19.9. The highest BCUT2D eigenvalue weighted by Gasteiger charge is 2.12. The van der Waals surface area contributed by atoms with Gasteiger partial charge in [0.15, 0.2) is 0 Å². The summed E-state index contributed by atoms with van der Waals surface area (Å²) in [6.45, 7) is 2.55. The maximum Gasteiger partial charge on any atom is 0.277 e. The molecular weight excluding hydrogens is 376 g/mol. The van der Waals surface area contributed by atoms with Gasteiger partial charge in [-0.1, -0.05) is 11.8 Å². The van der Waals surface area contributed by atoms with Gasteiger partial charge in [0.1, 0.15) is 5.75 Å². The van der Waals surface area contributed by atoms with Gasteiger partial charge in [-0.3, -0.25) is 4.79 Å². The van der Waals surface area contributed by atoms with Crippen LogP contribution in [0.25, 0.3) is 11.5 Å². The second kappa shape index (κ2) is 9.27. The third kappa shape index (κ3) is 5.26. The molecule has 1 amide bonds. The number of hydrogen-bond acceptors (Lipinski definition) is 7. The van der Waals surface area contributed by atoms with Crippen molar-refractivity contribution >= 4 is 29.0 Å². The smallest absolute Gasteiger partial charge is 0.277 e. The van der Waals surface area contributed by atoms with Crippen LogP contribution < -0.4 is 15.0 Å². The number of nitrogens with one attached hydrogen (secondary N) is 1. The number of nitrogens with zero attached hydrogens (tertiary/aromatic N) is 3. The number of carbonyl (C=O) groups excluding carboxylic acids is 1. The number of hydrogen-bond donors (Lipinski definition) is 1. The predicted molar refractivity (Wildman–Crippen MR) is 111 cm³/mol. The molecule has 0 bridgehead atoms. The molecular formula is C20H22N4O3S. The number of ether oxygens (including phenoxy) is 1. The molecule has 0 aliphatic carbocycles. The van der Waals surface area contributed by atoms with E-state index in [2.05, 4.69) is 15.5 Å². The van der Waals surface area contributed by atoms with Gasteiger partial charge in [-0.25, -0.2) is 0 Å². The van der Waals surface area contributed by atoms with Crippen molar-refractivity contribution in [2.45, 2.75) is 12.1 Å². The first-order valence-corrected chi connectivity index (χ1v) is 9.80. The molecule has 1 heterocycles. The van der Waals surface area contributed by atoms with Crippen LogP contribution in [-0.4, -0.2) is 42.6 Å². The van der Waals surface area contributed by atoms with Crippen molar-refractivity contribution in [1.82, 2.24) is 10.2 Å². The standard InChI is InChI=1S/C20H22N4O3S/c1-4-26-17-11-5-14(6-12-17)19-22-23-20(27-19)28-13-18(25)21-15-7-9-16(10-8-15)24(2)3/h5-12H,4,13H2,1-3H3,(H,21,25). The SMILES string of the molecule is CCOc1ccc(-c2nnc(SCC(=O)Nc3ccc(N(C)C)cc3)o2)cc1. The minimum absolute atomic E-state index is 0.136. The van der Waals surface area contributed by atoms with Gasteiger partial charge >= 0.3 is 0 Å². The Morgan fingerprint density at radius 3 is 2.46 bits per heavy atom. The van der Waals surface area contributed by atoms with Crippen LogP contribution >= 0.6 is 11.8 Å². The maximum atomic E-state index is 12.1. The summed E-state index contributed by atoms with van der Waals surface area (Å²) in [5, 5.41) is 11.2. The Hall–Kier alpha value is -3.00. The predicted octanol–water partition coefficient (Wildman–Crippen LogP) is 3.93. The lowest BCUT2D eigenvalue weighted by molar-refractivity contribution is -0.113. The number of carbonyl (C=O) groups is 1. The topological polar surface area (TPSA) is 80.5 Å². The van der Waals surface area contributed by atoms with E-state index in [0.717, 1.165) is 22.7 Å². The summed E-state index contributed by atoms with van der Waals surface area (Å²) in [6.07, 6.45) is 0. The van der Waals surface area contributed by atoms with Crippen LogP contribution in [0.1, 0.15) is 6.92 Å². The monoisotopic (exact) mass is 398 g/mol. The molecule has 146 valence electrons. The van der Waals surface area contributed by atoms with Crippen molar-refractivity contribution in [3.05, 3.63) is 48.5 Å². The quantitative estimate of drug-likeness (QED) is 0.576. The Morgan fingerprint density at radius 1 is 1.11 bits per heavy atom. The first kappa shape index (κ1) is 19.8. The van der Waals surface area contributed by atoms with Gasteiger partial charge < -0.3 is 19.4 Å². The average Bonchev–Trinajstić information content (AvgIpc) is 3.17. The van der Waals surface area contributed by atoms with Gasteiger partial charge in [-0.2, -0.15) is 0 Å². The average molecular weight is 398 g/mol. The summed E-state index contributed by atoms with van der Waals surface area (Å²) in [6, 6.07) is 15.1. The highest BCUT2D eigenvalue weighted by Crippen LogP contribution is 2.25. The fraction of sp³-hybridized carbons (Fsp3) is 0.250. The zero-order valence-electron chi connectivity index (χ0n) is 16.0. The first-order valence-electron chi connectivity index (χ1n) is 8.82. The summed E-state index contributed by atoms with van der Waals surface area (Å²) < 4.78 is 11.0. The zero-order valence-corrected chi connectivity index (χ0v) is 16.8. The fourth-order valence-electron chi connectivity index (χ4n) is 2.41. The fourth-order valence-corrected chi connectivity index (χ4v) is 2.98. The minimum atomic E-state index is -0.136. The summed E-state index contributed by atoms with van der Waals surface area (Å²) in [5.41, 5.74) is 2.62. The molecule has 2 aromatic carbocycles. The van der Waals surface area contributed by atoms with Crippen LogP contribution in [0.2, 0.25) is 0 Å². The van der Waals surface area contributed by atoms with Gasteiger partial charge in [-0.15, -0.1) is 10.2 Å². The van der Waals surface area contributed by atoms with E-state index in [1.54, 1.807) is 0 Å². The van der Waals surface area contributed by atoms with Crippen LogP contribution in [0.4, 0.5) is 11.4 Å².